The summed E-state index contributed by atoms with van der Waals surface area (Å²) in [6.45, 7) is 0. The Morgan fingerprint density at radius 3 is 2.05 bits per heavy atom. The Labute approximate surface area is 106 Å². The monoisotopic (exact) mass is 280 g/mol. The van der Waals surface area contributed by atoms with E-state index in [2.05, 4.69) is 0 Å². The molecule has 0 heterocycles. The number of aliphatic carboxylic acids is 1. The minimum atomic E-state index is -4.83. The Balaban J connectivity index is 3.53. The van der Waals surface area contributed by atoms with Gasteiger partial charge in [-0.2, -0.15) is 13.2 Å². The van der Waals surface area contributed by atoms with Crippen LogP contribution in [0.1, 0.15) is 17.2 Å². The summed E-state index contributed by atoms with van der Waals surface area (Å²) in [5, 5.41) is 18.0. The zero-order chi connectivity index (χ0) is 14.8. The van der Waals surface area contributed by atoms with Gasteiger partial charge in [0, 0.05) is 5.56 Å². The molecule has 106 valence electrons. The van der Waals surface area contributed by atoms with E-state index in [1.54, 1.807) is 0 Å². The molecule has 0 saturated heterocycles. The predicted octanol–water partition coefficient (Wildman–Crippen LogP) is 1.84. The Hall–Kier alpha value is -1.96. The molecule has 0 radical (unpaired) electrons. The standard InChI is InChI=1S/C11H11F3O5/c1-18-7-3-5(9(15)10(16)17)6(11(12,13)14)4-8(7)19-2/h3-4,9,15H,1-2H3,(H,16,17). The van der Waals surface area contributed by atoms with Gasteiger partial charge in [0.1, 0.15) is 0 Å². The van der Waals surface area contributed by atoms with Crippen molar-refractivity contribution in [3.63, 3.8) is 0 Å². The normalized spacial score (nSPS) is 12.9. The SMILES string of the molecule is COc1cc(C(O)C(=O)O)c(C(F)(F)F)cc1OC. The number of benzene rings is 1. The molecule has 1 unspecified atom stereocenters. The Bertz CT molecular complexity index is 484. The number of halogens is 3. The molecule has 1 rings (SSSR count). The van der Waals surface area contributed by atoms with Crippen LogP contribution in [0.25, 0.3) is 0 Å². The van der Waals surface area contributed by atoms with Crippen molar-refractivity contribution in [2.75, 3.05) is 14.2 Å². The lowest BCUT2D eigenvalue weighted by molar-refractivity contribution is -0.149. The Morgan fingerprint density at radius 2 is 1.68 bits per heavy atom. The smallest absolute Gasteiger partial charge is 0.416 e. The van der Waals surface area contributed by atoms with Crippen molar-refractivity contribution < 1.29 is 37.7 Å². The van der Waals surface area contributed by atoms with E-state index in [0.717, 1.165) is 13.2 Å². The highest BCUT2D eigenvalue weighted by Crippen LogP contribution is 2.41. The van der Waals surface area contributed by atoms with Crippen LogP contribution in [0.5, 0.6) is 11.5 Å². The number of ether oxygens (including phenoxy) is 2. The summed E-state index contributed by atoms with van der Waals surface area (Å²) in [4.78, 5) is 10.6. The molecule has 8 heteroatoms. The fourth-order valence-corrected chi connectivity index (χ4v) is 1.50. The van der Waals surface area contributed by atoms with Gasteiger partial charge in [-0.15, -0.1) is 0 Å². The molecule has 19 heavy (non-hydrogen) atoms. The van der Waals surface area contributed by atoms with Crippen LogP contribution in [0.3, 0.4) is 0 Å². The van der Waals surface area contributed by atoms with Gasteiger partial charge >= 0.3 is 12.1 Å². The number of aliphatic hydroxyl groups is 1. The highest BCUT2D eigenvalue weighted by molar-refractivity contribution is 5.75. The highest BCUT2D eigenvalue weighted by atomic mass is 19.4. The van der Waals surface area contributed by atoms with Gasteiger partial charge in [-0.05, 0) is 12.1 Å². The van der Waals surface area contributed by atoms with Gasteiger partial charge in [0.15, 0.2) is 17.6 Å². The fraction of sp³-hybridized carbons (Fsp3) is 0.364. The lowest BCUT2D eigenvalue weighted by Crippen LogP contribution is -2.18. The van der Waals surface area contributed by atoms with Crippen LogP contribution in [0.15, 0.2) is 12.1 Å². The molecule has 0 aliphatic carbocycles. The third-order valence-corrected chi connectivity index (χ3v) is 2.39. The Kier molecular flexibility index (Phi) is 4.25. The van der Waals surface area contributed by atoms with E-state index in [0.29, 0.717) is 6.07 Å². The molecule has 1 aromatic rings. The number of carbonyl (C=O) groups is 1. The van der Waals surface area contributed by atoms with E-state index in [9.17, 15) is 23.1 Å². The molecule has 0 bridgehead atoms. The number of carboxylic acid groups (broad SMARTS) is 1. The average molecular weight is 280 g/mol. The van der Waals surface area contributed by atoms with Gasteiger partial charge in [-0.1, -0.05) is 0 Å². The number of aliphatic hydroxyl groups excluding tert-OH is 1. The molecule has 0 saturated carbocycles. The predicted molar refractivity (Wildman–Crippen MR) is 57.1 cm³/mol. The van der Waals surface area contributed by atoms with Crippen molar-refractivity contribution in [1.29, 1.82) is 0 Å². The van der Waals surface area contributed by atoms with Gasteiger partial charge in [0.05, 0.1) is 19.8 Å². The first-order valence-corrected chi connectivity index (χ1v) is 4.96. The summed E-state index contributed by atoms with van der Waals surface area (Å²) < 4.78 is 48.0. The van der Waals surface area contributed by atoms with E-state index in [1.807, 2.05) is 0 Å². The van der Waals surface area contributed by atoms with Gasteiger partial charge in [0.25, 0.3) is 0 Å². The van der Waals surface area contributed by atoms with E-state index in [-0.39, 0.29) is 11.5 Å². The molecule has 0 aliphatic rings. The van der Waals surface area contributed by atoms with Gasteiger partial charge in [-0.25, -0.2) is 4.79 Å². The van der Waals surface area contributed by atoms with Crippen molar-refractivity contribution in [1.82, 2.24) is 0 Å². The summed E-state index contributed by atoms with van der Waals surface area (Å²) >= 11 is 0. The molecule has 1 atom stereocenters. The van der Waals surface area contributed by atoms with Crippen molar-refractivity contribution in [2.45, 2.75) is 12.3 Å². The summed E-state index contributed by atoms with van der Waals surface area (Å²) in [6, 6.07) is 1.38. The van der Waals surface area contributed by atoms with Gasteiger partial charge < -0.3 is 19.7 Å². The second kappa shape index (κ2) is 5.35. The van der Waals surface area contributed by atoms with E-state index in [4.69, 9.17) is 14.6 Å². The van der Waals surface area contributed by atoms with Gasteiger partial charge in [0.2, 0.25) is 0 Å². The number of carboxylic acids is 1. The molecule has 0 fully saturated rings. The minimum Gasteiger partial charge on any atom is -0.493 e. The van der Waals surface area contributed by atoms with Gasteiger partial charge in [-0.3, -0.25) is 0 Å². The number of methoxy groups -OCH3 is 2. The van der Waals surface area contributed by atoms with E-state index in [1.165, 1.54) is 7.11 Å². The largest absolute Gasteiger partial charge is 0.493 e. The maximum atomic E-state index is 12.8. The van der Waals surface area contributed by atoms with Crippen LogP contribution in [0.4, 0.5) is 13.2 Å². The summed E-state index contributed by atoms with van der Waals surface area (Å²) in [5.41, 5.74) is -2.10. The van der Waals surface area contributed by atoms with Crippen LogP contribution in [-0.4, -0.2) is 30.4 Å². The van der Waals surface area contributed by atoms with Crippen molar-refractivity contribution >= 4 is 5.97 Å². The molecule has 0 aliphatic heterocycles. The quantitative estimate of drug-likeness (QED) is 0.880. The van der Waals surface area contributed by atoms with Crippen molar-refractivity contribution in [2.24, 2.45) is 0 Å². The maximum absolute atomic E-state index is 12.8. The van der Waals surface area contributed by atoms with Crippen LogP contribution in [0.2, 0.25) is 0 Å². The average Bonchev–Trinajstić information content (AvgIpc) is 2.34. The molecule has 5 nitrogen and oxygen atoms in total. The topological polar surface area (TPSA) is 76.0 Å². The summed E-state index contributed by atoms with van der Waals surface area (Å²) in [5.74, 6) is -2.11. The molecule has 2 N–H and O–H groups in total. The molecule has 0 aromatic heterocycles. The summed E-state index contributed by atoms with van der Waals surface area (Å²) in [7, 11) is 2.33. The zero-order valence-electron chi connectivity index (χ0n) is 9.99. The number of rotatable bonds is 4. The van der Waals surface area contributed by atoms with Crippen LogP contribution in [0, 0.1) is 0 Å². The third kappa shape index (κ3) is 3.08. The number of alkyl halides is 3. The minimum absolute atomic E-state index is 0.106. The molecule has 0 amide bonds. The zero-order valence-corrected chi connectivity index (χ0v) is 9.99. The second-order valence-corrected chi connectivity index (χ2v) is 3.53. The fourth-order valence-electron chi connectivity index (χ4n) is 1.50. The number of hydrogen-bond donors (Lipinski definition) is 2. The molecule has 0 spiro atoms. The first-order chi connectivity index (χ1) is 8.72. The number of hydrogen-bond acceptors (Lipinski definition) is 4. The van der Waals surface area contributed by atoms with E-state index >= 15 is 0 Å². The van der Waals surface area contributed by atoms with Crippen LogP contribution >= 0.6 is 0 Å². The van der Waals surface area contributed by atoms with Crippen molar-refractivity contribution in [3.05, 3.63) is 23.3 Å². The summed E-state index contributed by atoms with van der Waals surface area (Å²) in [6.07, 6.45) is -7.14. The lowest BCUT2D eigenvalue weighted by atomic mass is 10.0. The first kappa shape index (κ1) is 15.1. The Morgan fingerprint density at radius 1 is 1.21 bits per heavy atom. The lowest BCUT2D eigenvalue weighted by Gasteiger charge is -2.18. The molecular weight excluding hydrogens is 269 g/mol. The second-order valence-electron chi connectivity index (χ2n) is 3.53. The molecule has 1 aromatic carbocycles. The molecular formula is C11H11F3O5. The van der Waals surface area contributed by atoms with Crippen molar-refractivity contribution in [3.8, 4) is 11.5 Å². The highest BCUT2D eigenvalue weighted by Gasteiger charge is 2.38. The third-order valence-electron chi connectivity index (χ3n) is 2.39. The maximum Gasteiger partial charge on any atom is 0.416 e. The van der Waals surface area contributed by atoms with Crippen LogP contribution < -0.4 is 9.47 Å². The first-order valence-electron chi connectivity index (χ1n) is 4.96. The van der Waals surface area contributed by atoms with E-state index < -0.39 is 29.4 Å². The van der Waals surface area contributed by atoms with Crippen LogP contribution in [-0.2, 0) is 11.0 Å².